The van der Waals surface area contributed by atoms with E-state index in [4.69, 9.17) is 51.7 Å². The molecule has 0 aliphatic heterocycles. The first-order chi connectivity index (χ1) is 3.98. The highest BCUT2D eigenvalue weighted by molar-refractivity contribution is 6.72. The highest BCUT2D eigenvalue weighted by Crippen LogP contribution is 2.36. The molecule has 0 heterocycles. The molecule has 0 bridgehead atoms. The molecule has 1 nitrogen and oxygen atoms in total. The zero-order valence-electron chi connectivity index (χ0n) is 4.04. The SMILES string of the molecule is N#CC=C(Cl)C(Cl)(Cl)Cl. The van der Waals surface area contributed by atoms with E-state index in [0.717, 1.165) is 6.08 Å². The summed E-state index contributed by atoms with van der Waals surface area (Å²) in [5.74, 6) is 0. The molecule has 0 N–H and O–H groups in total. The van der Waals surface area contributed by atoms with Gasteiger partial charge in [-0.25, -0.2) is 0 Å². The summed E-state index contributed by atoms with van der Waals surface area (Å²) >= 11 is 21.0. The Kier molecular flexibility index (Phi) is 3.68. The fourth-order valence-corrected chi connectivity index (χ4v) is 0.351. The van der Waals surface area contributed by atoms with Gasteiger partial charge in [-0.1, -0.05) is 46.4 Å². The second kappa shape index (κ2) is 3.53. The lowest BCUT2D eigenvalue weighted by molar-refractivity contribution is 1.40. The summed E-state index contributed by atoms with van der Waals surface area (Å²) in [4.78, 5) is 0. The summed E-state index contributed by atoms with van der Waals surface area (Å²) < 4.78 is -1.67. The second-order valence-corrected chi connectivity index (χ2v) is 3.81. The normalized spacial score (nSPS) is 13.0. The van der Waals surface area contributed by atoms with Gasteiger partial charge < -0.3 is 0 Å². The van der Waals surface area contributed by atoms with Crippen LogP contribution in [-0.2, 0) is 0 Å². The van der Waals surface area contributed by atoms with Crippen LogP contribution in [0.15, 0.2) is 11.1 Å². The van der Waals surface area contributed by atoms with Crippen molar-refractivity contribution in [2.75, 3.05) is 0 Å². The van der Waals surface area contributed by atoms with E-state index in [0.29, 0.717) is 0 Å². The Labute approximate surface area is 72.8 Å². The van der Waals surface area contributed by atoms with Crippen LogP contribution in [0, 0.1) is 11.3 Å². The van der Waals surface area contributed by atoms with Crippen molar-refractivity contribution in [1.82, 2.24) is 0 Å². The van der Waals surface area contributed by atoms with Crippen molar-refractivity contribution in [3.63, 3.8) is 0 Å². The van der Waals surface area contributed by atoms with Gasteiger partial charge in [-0.05, 0) is 0 Å². The van der Waals surface area contributed by atoms with Crippen molar-refractivity contribution < 1.29 is 0 Å². The largest absolute Gasteiger partial charge is 0.227 e. The molecule has 0 aromatic carbocycles. The zero-order valence-corrected chi connectivity index (χ0v) is 7.06. The van der Waals surface area contributed by atoms with Crippen molar-refractivity contribution in [2.45, 2.75) is 3.79 Å². The lowest BCUT2D eigenvalue weighted by Crippen LogP contribution is -2.00. The van der Waals surface area contributed by atoms with Gasteiger partial charge >= 0.3 is 0 Å². The number of hydrogen-bond acceptors (Lipinski definition) is 1. The third-order valence-corrected chi connectivity index (χ3v) is 1.76. The molecule has 9 heavy (non-hydrogen) atoms. The molecule has 0 aromatic heterocycles. The van der Waals surface area contributed by atoms with E-state index in [9.17, 15) is 0 Å². The molecule has 0 spiro atoms. The average Bonchev–Trinajstić information content (AvgIpc) is 1.64. The standard InChI is InChI=1S/C4HCl4N/c5-3(1-2-9)4(6,7)8/h1H. The lowest BCUT2D eigenvalue weighted by Gasteiger charge is -2.05. The molecule has 0 fully saturated rings. The maximum Gasteiger partial charge on any atom is 0.227 e. The van der Waals surface area contributed by atoms with E-state index in [-0.39, 0.29) is 5.03 Å². The van der Waals surface area contributed by atoms with Gasteiger partial charge in [-0.2, -0.15) is 5.26 Å². The number of alkyl halides is 3. The molecular formula is C4HCl4N. The summed E-state index contributed by atoms with van der Waals surface area (Å²) in [5.41, 5.74) is 0. The zero-order chi connectivity index (χ0) is 7.49. The van der Waals surface area contributed by atoms with E-state index < -0.39 is 3.79 Å². The second-order valence-electron chi connectivity index (χ2n) is 1.12. The third-order valence-electron chi connectivity index (χ3n) is 0.462. The Morgan fingerprint density at radius 3 is 2.00 bits per heavy atom. The minimum Gasteiger partial charge on any atom is -0.193 e. The Morgan fingerprint density at radius 1 is 1.44 bits per heavy atom. The van der Waals surface area contributed by atoms with Crippen LogP contribution < -0.4 is 0 Å². The Hall–Kier alpha value is 0.390. The van der Waals surface area contributed by atoms with Crippen LogP contribution in [0.5, 0.6) is 0 Å². The molecule has 0 rings (SSSR count). The minimum atomic E-state index is -1.67. The topological polar surface area (TPSA) is 23.8 Å². The first kappa shape index (κ1) is 9.39. The number of nitriles is 1. The van der Waals surface area contributed by atoms with Gasteiger partial charge in [0.15, 0.2) is 0 Å². The smallest absolute Gasteiger partial charge is 0.193 e. The van der Waals surface area contributed by atoms with Gasteiger partial charge in [0.25, 0.3) is 0 Å². The number of nitrogens with zero attached hydrogens (tertiary/aromatic N) is 1. The minimum absolute atomic E-state index is 0.102. The Balaban J connectivity index is 4.25. The van der Waals surface area contributed by atoms with Crippen LogP contribution in [0.4, 0.5) is 0 Å². The fourth-order valence-electron chi connectivity index (χ4n) is 0.139. The van der Waals surface area contributed by atoms with Gasteiger partial charge in [-0.15, -0.1) is 0 Å². The van der Waals surface area contributed by atoms with Crippen molar-refractivity contribution in [2.24, 2.45) is 0 Å². The van der Waals surface area contributed by atoms with Crippen LogP contribution in [0.2, 0.25) is 0 Å². The number of halogens is 4. The van der Waals surface area contributed by atoms with Crippen molar-refractivity contribution >= 4 is 46.4 Å². The van der Waals surface area contributed by atoms with Crippen molar-refractivity contribution in [3.05, 3.63) is 11.1 Å². The molecule has 0 aliphatic carbocycles. The Morgan fingerprint density at radius 2 is 1.89 bits per heavy atom. The molecule has 50 valence electrons. The monoisotopic (exact) mass is 203 g/mol. The van der Waals surface area contributed by atoms with Gasteiger partial charge in [0.2, 0.25) is 3.79 Å². The molecule has 0 atom stereocenters. The summed E-state index contributed by atoms with van der Waals surface area (Å²) in [6.45, 7) is 0. The highest BCUT2D eigenvalue weighted by atomic mass is 35.6. The third kappa shape index (κ3) is 3.89. The van der Waals surface area contributed by atoms with E-state index in [2.05, 4.69) is 0 Å². The summed E-state index contributed by atoms with van der Waals surface area (Å²) in [7, 11) is 0. The number of rotatable bonds is 0. The molecule has 5 heteroatoms. The molecule has 0 aliphatic rings. The first-order valence-electron chi connectivity index (χ1n) is 1.81. The predicted octanol–water partition coefficient (Wildman–Crippen LogP) is 3.00. The van der Waals surface area contributed by atoms with Crippen LogP contribution in [0.1, 0.15) is 0 Å². The highest BCUT2D eigenvalue weighted by Gasteiger charge is 2.23. The number of hydrogen-bond donors (Lipinski definition) is 0. The van der Waals surface area contributed by atoms with Crippen molar-refractivity contribution in [3.8, 4) is 6.07 Å². The van der Waals surface area contributed by atoms with Crippen LogP contribution in [-0.4, -0.2) is 3.79 Å². The quantitative estimate of drug-likeness (QED) is 0.440. The van der Waals surface area contributed by atoms with Crippen LogP contribution >= 0.6 is 46.4 Å². The van der Waals surface area contributed by atoms with Gasteiger partial charge in [0.1, 0.15) is 0 Å². The van der Waals surface area contributed by atoms with E-state index >= 15 is 0 Å². The van der Waals surface area contributed by atoms with Crippen LogP contribution in [0.3, 0.4) is 0 Å². The first-order valence-corrected chi connectivity index (χ1v) is 3.32. The molecular weight excluding hydrogens is 204 g/mol. The molecule has 0 aromatic rings. The average molecular weight is 205 g/mol. The van der Waals surface area contributed by atoms with Crippen molar-refractivity contribution in [1.29, 1.82) is 5.26 Å². The van der Waals surface area contributed by atoms with Gasteiger partial charge in [0, 0.05) is 6.08 Å². The molecule has 0 saturated carbocycles. The van der Waals surface area contributed by atoms with Gasteiger partial charge in [-0.3, -0.25) is 0 Å². The lowest BCUT2D eigenvalue weighted by atomic mass is 10.5. The Bertz CT molecular complexity index is 160. The summed E-state index contributed by atoms with van der Waals surface area (Å²) in [6, 6.07) is 1.63. The van der Waals surface area contributed by atoms with E-state index in [1.165, 1.54) is 0 Å². The van der Waals surface area contributed by atoms with Crippen LogP contribution in [0.25, 0.3) is 0 Å². The summed E-state index contributed by atoms with van der Waals surface area (Å²) in [5, 5.41) is 7.91. The predicted molar refractivity (Wildman–Crippen MR) is 39.8 cm³/mol. The fraction of sp³-hybridized carbons (Fsp3) is 0.250. The van der Waals surface area contributed by atoms with E-state index in [1.54, 1.807) is 6.07 Å². The summed E-state index contributed by atoms with van der Waals surface area (Å²) in [6.07, 6.45) is 0.967. The maximum absolute atomic E-state index is 8.01. The van der Waals surface area contributed by atoms with E-state index in [1.807, 2.05) is 0 Å². The molecule has 0 radical (unpaired) electrons. The maximum atomic E-state index is 8.01. The molecule has 0 amide bonds. The molecule has 0 unspecified atom stereocenters. The van der Waals surface area contributed by atoms with Gasteiger partial charge in [0.05, 0.1) is 11.1 Å². The molecule has 0 saturated heterocycles. The number of allylic oxidation sites excluding steroid dienone is 2.